The Balaban J connectivity index is 2.61. The summed E-state index contributed by atoms with van der Waals surface area (Å²) in [4.78, 5) is 0. The minimum atomic E-state index is -4.00. The Kier molecular flexibility index (Phi) is 5.82. The van der Waals surface area contributed by atoms with Crippen LogP contribution in [0.25, 0.3) is 0 Å². The van der Waals surface area contributed by atoms with Crippen molar-refractivity contribution in [2.24, 2.45) is 0 Å². The van der Waals surface area contributed by atoms with E-state index in [4.69, 9.17) is 18.4 Å². The summed E-state index contributed by atoms with van der Waals surface area (Å²) in [5.41, 5.74) is -1.47. The van der Waals surface area contributed by atoms with Crippen LogP contribution in [0.3, 0.4) is 0 Å². The fourth-order valence-electron chi connectivity index (χ4n) is 2.53. The lowest BCUT2D eigenvalue weighted by atomic mass is 9.79. The van der Waals surface area contributed by atoms with E-state index in [1.165, 1.54) is 0 Å². The third kappa shape index (κ3) is 3.83. The number of hydrogen-bond donors (Lipinski definition) is 0. The van der Waals surface area contributed by atoms with Gasteiger partial charge in [-0.25, -0.2) is 8.78 Å². The zero-order valence-electron chi connectivity index (χ0n) is 15.4. The summed E-state index contributed by atoms with van der Waals surface area (Å²) < 4.78 is 63.8. The first kappa shape index (κ1) is 20.5. The van der Waals surface area contributed by atoms with Gasteiger partial charge in [0.25, 0.3) is 0 Å². The maximum absolute atomic E-state index is 14.6. The summed E-state index contributed by atoms with van der Waals surface area (Å²) in [7, 11) is -5.10. The first-order chi connectivity index (χ1) is 11.5. The molecule has 2 rings (SSSR count). The van der Waals surface area contributed by atoms with E-state index in [0.29, 0.717) is 6.07 Å². The van der Waals surface area contributed by atoms with Crippen molar-refractivity contribution in [1.29, 1.82) is 0 Å². The van der Waals surface area contributed by atoms with E-state index >= 15 is 0 Å². The molecular formula is C16H24BF2O5P. The molecule has 1 aliphatic rings. The summed E-state index contributed by atoms with van der Waals surface area (Å²) >= 11 is 0. The minimum Gasteiger partial charge on any atom is -0.399 e. The van der Waals surface area contributed by atoms with Crippen molar-refractivity contribution in [1.82, 2.24) is 0 Å². The van der Waals surface area contributed by atoms with Gasteiger partial charge >= 0.3 is 14.7 Å². The smallest absolute Gasteiger partial charge is 0.399 e. The minimum absolute atomic E-state index is 0.0265. The van der Waals surface area contributed by atoms with Gasteiger partial charge in [0.05, 0.1) is 29.7 Å². The van der Waals surface area contributed by atoms with Crippen LogP contribution in [0.1, 0.15) is 41.5 Å². The SMILES string of the molecule is CCOP(=O)(OCC)c1c(F)cc(F)cc1B1OC(C)(C)C(C)(C)O1. The van der Waals surface area contributed by atoms with Crippen LogP contribution in [0.4, 0.5) is 8.78 Å². The molecule has 1 aliphatic heterocycles. The van der Waals surface area contributed by atoms with E-state index in [1.54, 1.807) is 13.8 Å². The maximum Gasteiger partial charge on any atom is 0.495 e. The summed E-state index contributed by atoms with van der Waals surface area (Å²) in [5.74, 6) is -1.85. The monoisotopic (exact) mass is 376 g/mol. The number of benzene rings is 1. The van der Waals surface area contributed by atoms with E-state index in [2.05, 4.69) is 0 Å². The van der Waals surface area contributed by atoms with Gasteiger partial charge in [-0.3, -0.25) is 4.57 Å². The quantitative estimate of drug-likeness (QED) is 0.564. The molecule has 9 heteroatoms. The summed E-state index contributed by atoms with van der Waals surface area (Å²) in [6.45, 7) is 10.6. The molecule has 0 aliphatic carbocycles. The fourth-order valence-corrected chi connectivity index (χ4v) is 4.36. The topological polar surface area (TPSA) is 54.0 Å². The fraction of sp³-hybridized carbons (Fsp3) is 0.625. The first-order valence-electron chi connectivity index (χ1n) is 8.21. The largest absolute Gasteiger partial charge is 0.495 e. The Morgan fingerprint density at radius 1 is 1.04 bits per heavy atom. The van der Waals surface area contributed by atoms with Crippen LogP contribution >= 0.6 is 7.60 Å². The van der Waals surface area contributed by atoms with Gasteiger partial charge in [-0.15, -0.1) is 0 Å². The Morgan fingerprint density at radius 2 is 1.52 bits per heavy atom. The Labute approximate surface area is 147 Å². The highest BCUT2D eigenvalue weighted by molar-refractivity contribution is 7.62. The predicted octanol–water partition coefficient (Wildman–Crippen LogP) is 3.16. The molecule has 0 radical (unpaired) electrons. The highest BCUT2D eigenvalue weighted by atomic mass is 31.2. The predicted molar refractivity (Wildman–Crippen MR) is 92.6 cm³/mol. The van der Waals surface area contributed by atoms with Crippen LogP contribution in [0.15, 0.2) is 12.1 Å². The molecule has 1 heterocycles. The van der Waals surface area contributed by atoms with E-state index < -0.39 is 37.6 Å². The molecule has 1 aromatic rings. The van der Waals surface area contributed by atoms with Crippen molar-refractivity contribution < 1.29 is 31.7 Å². The second kappa shape index (κ2) is 7.08. The zero-order valence-corrected chi connectivity index (χ0v) is 16.3. The molecule has 0 N–H and O–H groups in total. The molecule has 0 spiro atoms. The average molecular weight is 376 g/mol. The molecule has 0 aromatic heterocycles. The van der Waals surface area contributed by atoms with E-state index in [1.807, 2.05) is 27.7 Å². The molecule has 5 nitrogen and oxygen atoms in total. The second-order valence-corrected chi connectivity index (χ2v) is 8.71. The van der Waals surface area contributed by atoms with Gasteiger partial charge in [-0.1, -0.05) is 0 Å². The maximum atomic E-state index is 14.6. The molecule has 1 aromatic carbocycles. The third-order valence-corrected chi connectivity index (χ3v) is 6.65. The first-order valence-corrected chi connectivity index (χ1v) is 9.76. The van der Waals surface area contributed by atoms with Crippen LogP contribution in [-0.2, 0) is 22.9 Å². The summed E-state index contributed by atoms with van der Waals surface area (Å²) in [6.07, 6.45) is 0. The molecule has 0 atom stereocenters. The van der Waals surface area contributed by atoms with Crippen molar-refractivity contribution in [2.45, 2.75) is 52.7 Å². The number of hydrogen-bond acceptors (Lipinski definition) is 5. The normalized spacial score (nSPS) is 19.4. The molecule has 140 valence electrons. The third-order valence-electron chi connectivity index (χ3n) is 4.44. The van der Waals surface area contributed by atoms with Gasteiger partial charge in [0.1, 0.15) is 11.6 Å². The van der Waals surface area contributed by atoms with Crippen LogP contribution < -0.4 is 10.8 Å². The molecule has 0 amide bonds. The van der Waals surface area contributed by atoms with Gasteiger partial charge in [0.15, 0.2) is 0 Å². The van der Waals surface area contributed by atoms with Gasteiger partial charge < -0.3 is 18.4 Å². The van der Waals surface area contributed by atoms with Gasteiger partial charge in [0, 0.05) is 11.5 Å². The standard InChI is InChI=1S/C16H24BF2O5P/c1-7-21-25(20,22-8-2)14-12(9-11(18)10-13(14)19)17-23-15(3,4)16(5,6)24-17/h9-10H,7-8H2,1-6H3. The second-order valence-electron chi connectivity index (χ2n) is 6.75. The molecule has 0 saturated carbocycles. The highest BCUT2D eigenvalue weighted by Crippen LogP contribution is 2.47. The van der Waals surface area contributed by atoms with Crippen LogP contribution in [0.2, 0.25) is 0 Å². The molecule has 0 unspecified atom stereocenters. The Morgan fingerprint density at radius 3 is 1.96 bits per heavy atom. The molecule has 1 fully saturated rings. The van der Waals surface area contributed by atoms with E-state index in [0.717, 1.165) is 6.07 Å². The summed E-state index contributed by atoms with van der Waals surface area (Å²) in [6, 6.07) is 1.69. The van der Waals surface area contributed by atoms with Crippen molar-refractivity contribution >= 4 is 25.5 Å². The van der Waals surface area contributed by atoms with Gasteiger partial charge in [-0.05, 0) is 47.6 Å². The number of halogens is 2. The van der Waals surface area contributed by atoms with Crippen molar-refractivity contribution in [3.05, 3.63) is 23.8 Å². The molecule has 0 bridgehead atoms. The molecular weight excluding hydrogens is 352 g/mol. The number of rotatable bonds is 6. The van der Waals surface area contributed by atoms with E-state index in [9.17, 15) is 13.3 Å². The Hall–Kier alpha value is -0.785. The van der Waals surface area contributed by atoms with Gasteiger partial charge in [0.2, 0.25) is 0 Å². The highest BCUT2D eigenvalue weighted by Gasteiger charge is 2.54. The van der Waals surface area contributed by atoms with Crippen molar-refractivity contribution in [3.8, 4) is 0 Å². The lowest BCUT2D eigenvalue weighted by molar-refractivity contribution is 0.00578. The van der Waals surface area contributed by atoms with Crippen molar-refractivity contribution in [2.75, 3.05) is 13.2 Å². The van der Waals surface area contributed by atoms with Gasteiger partial charge in [-0.2, -0.15) is 0 Å². The zero-order chi connectivity index (χ0) is 19.0. The lowest BCUT2D eigenvalue weighted by Gasteiger charge is -2.32. The molecule has 25 heavy (non-hydrogen) atoms. The van der Waals surface area contributed by atoms with Crippen LogP contribution in [-0.4, -0.2) is 31.5 Å². The molecule has 1 saturated heterocycles. The Bertz CT molecular complexity index is 669. The van der Waals surface area contributed by atoms with E-state index in [-0.39, 0.29) is 24.0 Å². The van der Waals surface area contributed by atoms with Crippen LogP contribution in [0.5, 0.6) is 0 Å². The lowest BCUT2D eigenvalue weighted by Crippen LogP contribution is -2.45. The van der Waals surface area contributed by atoms with Crippen molar-refractivity contribution in [3.63, 3.8) is 0 Å². The summed E-state index contributed by atoms with van der Waals surface area (Å²) in [5, 5.41) is -0.351. The average Bonchev–Trinajstić information content (AvgIpc) is 2.66. The van der Waals surface area contributed by atoms with Crippen LogP contribution in [0, 0.1) is 11.6 Å².